The first-order valence-electron chi connectivity index (χ1n) is 11.9. The van der Waals surface area contributed by atoms with Crippen molar-refractivity contribution in [2.45, 2.75) is 25.7 Å². The van der Waals surface area contributed by atoms with E-state index in [2.05, 4.69) is 15.9 Å². The minimum atomic E-state index is -3.68. The second kappa shape index (κ2) is 4.54. The molecule has 82 valence electrons. The molecule has 0 saturated carbocycles. The van der Waals surface area contributed by atoms with Crippen LogP contribution in [-0.2, 0) is 0 Å². The summed E-state index contributed by atoms with van der Waals surface area (Å²) in [6.07, 6.45) is 0. The predicted octanol–water partition coefficient (Wildman–Crippen LogP) is 2.64. The zero-order valence-electron chi connectivity index (χ0n) is 23.3. The Kier molecular flexibility index (Phi) is 0.801. The second-order valence-electron chi connectivity index (χ2n) is 2.60. The van der Waals surface area contributed by atoms with Gasteiger partial charge in [-0.1, -0.05) is 15.9 Å². The highest BCUT2D eigenvalue weighted by atomic mass is 79.9. The van der Waals surface area contributed by atoms with Crippen molar-refractivity contribution in [2.75, 3.05) is 17.9 Å². The molecule has 1 N–H and O–H groups in total. The molecular formula is C12H17BrN2. The number of piperazine rings is 1. The van der Waals surface area contributed by atoms with Gasteiger partial charge >= 0.3 is 0 Å². The van der Waals surface area contributed by atoms with Crippen LogP contribution in [-0.4, -0.2) is 25.0 Å². The van der Waals surface area contributed by atoms with Crippen molar-refractivity contribution in [1.82, 2.24) is 5.32 Å². The number of anilines is 1. The summed E-state index contributed by atoms with van der Waals surface area (Å²) in [7, 11) is 0. The topological polar surface area (TPSA) is 15.3 Å². The Morgan fingerprint density at radius 3 is 2.60 bits per heavy atom. The number of benzene rings is 1. The van der Waals surface area contributed by atoms with Gasteiger partial charge in [0.15, 0.2) is 0 Å². The maximum atomic E-state index is 8.33. The van der Waals surface area contributed by atoms with Gasteiger partial charge < -0.3 is 10.2 Å². The van der Waals surface area contributed by atoms with Crippen LogP contribution in [0.15, 0.2) is 28.6 Å². The van der Waals surface area contributed by atoms with Gasteiger partial charge in [0.25, 0.3) is 0 Å². The molecule has 2 unspecified atom stereocenters. The highest BCUT2D eigenvalue weighted by Gasteiger charge is 2.20. The number of nitrogens with zero attached hydrogens (tertiary/aromatic N) is 1. The van der Waals surface area contributed by atoms with E-state index in [9.17, 15) is 0 Å². The molecule has 2 atom stereocenters. The molecule has 2 nitrogen and oxygen atoms in total. The maximum Gasteiger partial charge on any atom is 0.0645 e. The van der Waals surface area contributed by atoms with E-state index in [-0.39, 0.29) is 9.37 Å². The Morgan fingerprint density at radius 2 is 2.07 bits per heavy atom. The Bertz CT molecular complexity index is 842. The lowest BCUT2D eigenvalue weighted by Crippen LogP contribution is -2.54. The highest BCUT2D eigenvalue weighted by molar-refractivity contribution is 9.10. The smallest absolute Gasteiger partial charge is 0.0645 e. The van der Waals surface area contributed by atoms with E-state index >= 15 is 0 Å². The minimum Gasteiger partial charge on any atom is -0.368 e. The fraction of sp³-hybridized carbons (Fsp3) is 0.500. The van der Waals surface area contributed by atoms with Crippen molar-refractivity contribution in [3.05, 3.63) is 28.6 Å². The fourth-order valence-corrected chi connectivity index (χ4v) is 1.14. The molecule has 0 spiro atoms. The van der Waals surface area contributed by atoms with Crippen LogP contribution in [0.5, 0.6) is 0 Å². The summed E-state index contributed by atoms with van der Waals surface area (Å²) in [6.45, 7) is -14.7. The average molecular weight is 285 g/mol. The Hall–Kier alpha value is -0.540. The molecule has 0 aliphatic carbocycles. The van der Waals surface area contributed by atoms with E-state index in [1.54, 1.807) is 0 Å². The van der Waals surface area contributed by atoms with Crippen molar-refractivity contribution in [3.8, 4) is 0 Å². The zero-order chi connectivity index (χ0) is 24.7. The first-order chi connectivity index (χ1) is 13.5. The van der Waals surface area contributed by atoms with Gasteiger partial charge in [0.2, 0.25) is 0 Å². The number of hydrogen-bond acceptors (Lipinski definition) is 2. The van der Waals surface area contributed by atoms with Crippen LogP contribution in [0.25, 0.3) is 0 Å². The summed E-state index contributed by atoms with van der Waals surface area (Å²) in [6, 6.07) is -10.9. The van der Waals surface area contributed by atoms with Crippen LogP contribution < -0.4 is 10.2 Å². The number of hydrogen-bond donors (Lipinski definition) is 1. The molecule has 1 fully saturated rings. The van der Waals surface area contributed by atoms with E-state index in [1.165, 1.54) is 5.32 Å². The van der Waals surface area contributed by atoms with Crippen LogP contribution in [0.3, 0.4) is 0 Å². The van der Waals surface area contributed by atoms with Gasteiger partial charge in [0.05, 0.1) is 11.0 Å². The van der Waals surface area contributed by atoms with Gasteiger partial charge in [-0.3, -0.25) is 0 Å². The quantitative estimate of drug-likeness (QED) is 0.853. The third kappa shape index (κ3) is 2.73. The minimum absolute atomic E-state index is 0.248. The van der Waals surface area contributed by atoms with Crippen LogP contribution >= 0.6 is 15.9 Å². The van der Waals surface area contributed by atoms with Gasteiger partial charge in [-0.25, -0.2) is 0 Å². The van der Waals surface area contributed by atoms with Crippen LogP contribution in [0.1, 0.15) is 35.6 Å². The summed E-state index contributed by atoms with van der Waals surface area (Å²) >= 11 is 2.82. The molecule has 1 aromatic carbocycles. The lowest BCUT2D eigenvalue weighted by Gasteiger charge is -2.37. The molecule has 1 aromatic rings. The normalized spacial score (nSPS) is 60.5. The van der Waals surface area contributed by atoms with Crippen LogP contribution in [0.4, 0.5) is 5.69 Å². The molecule has 1 aliphatic rings. The van der Waals surface area contributed by atoms with Crippen molar-refractivity contribution < 1.29 is 21.9 Å². The van der Waals surface area contributed by atoms with Crippen LogP contribution in [0.2, 0.25) is 0 Å². The van der Waals surface area contributed by atoms with Gasteiger partial charge in [0, 0.05) is 46.2 Å². The van der Waals surface area contributed by atoms with Crippen molar-refractivity contribution in [2.24, 2.45) is 0 Å². The van der Waals surface area contributed by atoms with Gasteiger partial charge in [-0.05, 0) is 37.9 Å². The van der Waals surface area contributed by atoms with Gasteiger partial charge in [-0.2, -0.15) is 0 Å². The predicted molar refractivity (Wildman–Crippen MR) is 68.4 cm³/mol. The first-order valence-corrected chi connectivity index (χ1v) is 4.65. The summed E-state index contributed by atoms with van der Waals surface area (Å²) in [5.41, 5.74) is -1.13. The molecular weight excluding hydrogens is 252 g/mol. The summed E-state index contributed by atoms with van der Waals surface area (Å²) in [5, 5.41) is 1.54. The van der Waals surface area contributed by atoms with Crippen LogP contribution in [0, 0.1) is 0 Å². The van der Waals surface area contributed by atoms with E-state index in [0.29, 0.717) is 0 Å². The fourth-order valence-electron chi connectivity index (χ4n) is 0.947. The van der Waals surface area contributed by atoms with E-state index < -0.39 is 68.6 Å². The molecule has 0 aromatic heterocycles. The first kappa shape index (κ1) is 2.65. The maximum absolute atomic E-state index is 8.33. The van der Waals surface area contributed by atoms with E-state index in [4.69, 9.17) is 21.9 Å². The molecule has 1 saturated heterocycles. The number of halogens is 1. The van der Waals surface area contributed by atoms with E-state index in [0.717, 1.165) is 0 Å². The van der Waals surface area contributed by atoms with Gasteiger partial charge in [-0.15, -0.1) is 0 Å². The van der Waals surface area contributed by atoms with Crippen molar-refractivity contribution in [1.29, 1.82) is 0 Å². The summed E-state index contributed by atoms with van der Waals surface area (Å²) < 4.78 is 127. The number of nitrogens with one attached hydrogen (secondary N) is 1. The molecule has 2 rings (SSSR count). The average Bonchev–Trinajstić information content (AvgIpc) is 2.58. The Morgan fingerprint density at radius 1 is 1.47 bits per heavy atom. The monoisotopic (exact) mass is 284 g/mol. The molecule has 3 heteroatoms. The largest absolute Gasteiger partial charge is 0.368 e. The standard InChI is InChI=1S/C12H17BrN2/c1-9-7-15(8-10(2)14-9)12-5-3-11(13)4-6-12/h3-6,9-10,14H,7-8H2,1-2H3/i1D3,2D3,3D,4D,5D,6D,7D2,8D2,9D,10D. The zero-order valence-corrected chi connectivity index (χ0v) is 8.91. The molecule has 15 heavy (non-hydrogen) atoms. The molecule has 1 heterocycles. The lowest BCUT2D eigenvalue weighted by atomic mass is 10.1. The third-order valence-corrected chi connectivity index (χ3v) is 1.90. The highest BCUT2D eigenvalue weighted by Crippen LogP contribution is 2.20. The second-order valence-corrected chi connectivity index (χ2v) is 3.39. The molecule has 0 radical (unpaired) electrons. The number of rotatable bonds is 1. The molecule has 1 aliphatic heterocycles. The van der Waals surface area contributed by atoms with Crippen molar-refractivity contribution in [3.63, 3.8) is 0 Å². The Labute approximate surface area is 122 Å². The SMILES string of the molecule is [2H]c1c([2H])c(N2C([2H])([2H])C([2H])(C([2H])([2H])[2H])NC([2H])(C([2H])([2H])[2H])C2([2H])[2H])c([2H])c([2H])c1Br. The third-order valence-electron chi connectivity index (χ3n) is 1.50. The Balaban J connectivity index is 3.10. The molecule has 0 bridgehead atoms. The van der Waals surface area contributed by atoms with Crippen molar-refractivity contribution >= 4 is 21.6 Å². The summed E-state index contributed by atoms with van der Waals surface area (Å²) in [5.74, 6) is 0. The molecule has 0 amide bonds. The van der Waals surface area contributed by atoms with Gasteiger partial charge in [0.1, 0.15) is 0 Å². The lowest BCUT2D eigenvalue weighted by molar-refractivity contribution is 0.407. The summed E-state index contributed by atoms with van der Waals surface area (Å²) in [4.78, 5) is -0.248. The van der Waals surface area contributed by atoms with E-state index in [1.807, 2.05) is 0 Å².